The second kappa shape index (κ2) is 6.09. The second-order valence-electron chi connectivity index (χ2n) is 4.11. The average Bonchev–Trinajstić information content (AvgIpc) is 2.71. The third-order valence-electron chi connectivity index (χ3n) is 2.72. The fourth-order valence-corrected chi connectivity index (χ4v) is 1.50. The van der Waals surface area contributed by atoms with Crippen LogP contribution < -0.4 is 5.32 Å². The van der Waals surface area contributed by atoms with Crippen molar-refractivity contribution < 1.29 is 19.1 Å². The van der Waals surface area contributed by atoms with Crippen LogP contribution in [0, 0.1) is 6.92 Å². The van der Waals surface area contributed by atoms with Gasteiger partial charge in [-0.15, -0.1) is 0 Å². The van der Waals surface area contributed by atoms with E-state index in [0.717, 1.165) is 11.3 Å². The molecule has 2 amide bonds. The van der Waals surface area contributed by atoms with Crippen molar-refractivity contribution in [2.75, 3.05) is 7.05 Å². The van der Waals surface area contributed by atoms with E-state index in [1.807, 2.05) is 6.92 Å². The second-order valence-corrected chi connectivity index (χ2v) is 4.11. The average molecular weight is 254 g/mol. The summed E-state index contributed by atoms with van der Waals surface area (Å²) in [6.45, 7) is 3.90. The number of urea groups is 1. The van der Waals surface area contributed by atoms with Gasteiger partial charge in [-0.2, -0.15) is 0 Å². The molecular formula is C12H18N2O4. The van der Waals surface area contributed by atoms with Crippen molar-refractivity contribution in [3.63, 3.8) is 0 Å². The largest absolute Gasteiger partial charge is 0.480 e. The number of carbonyl (C=O) groups is 2. The van der Waals surface area contributed by atoms with Crippen LogP contribution in [0.5, 0.6) is 0 Å². The molecule has 6 heteroatoms. The predicted molar refractivity (Wildman–Crippen MR) is 65.2 cm³/mol. The van der Waals surface area contributed by atoms with E-state index >= 15 is 0 Å². The first-order chi connectivity index (χ1) is 8.45. The molecule has 6 nitrogen and oxygen atoms in total. The minimum Gasteiger partial charge on any atom is -0.480 e. The van der Waals surface area contributed by atoms with Crippen LogP contribution in [0.15, 0.2) is 16.7 Å². The fourth-order valence-electron chi connectivity index (χ4n) is 1.50. The maximum atomic E-state index is 11.8. The quantitative estimate of drug-likeness (QED) is 0.836. The summed E-state index contributed by atoms with van der Waals surface area (Å²) in [6, 6.07) is 0.517. The zero-order chi connectivity index (χ0) is 13.7. The van der Waals surface area contributed by atoms with Gasteiger partial charge in [0, 0.05) is 12.6 Å². The van der Waals surface area contributed by atoms with Gasteiger partial charge in [-0.05, 0) is 19.4 Å². The van der Waals surface area contributed by atoms with Gasteiger partial charge in [0.05, 0.1) is 12.8 Å². The third kappa shape index (κ3) is 3.51. The minimum atomic E-state index is -1.03. The summed E-state index contributed by atoms with van der Waals surface area (Å²) in [7, 11) is 1.61. The molecule has 2 N–H and O–H groups in total. The first kappa shape index (κ1) is 14.1. The van der Waals surface area contributed by atoms with Gasteiger partial charge < -0.3 is 19.7 Å². The molecule has 0 saturated heterocycles. The number of hydrogen-bond donors (Lipinski definition) is 2. The lowest BCUT2D eigenvalue weighted by molar-refractivity contribution is -0.139. The Labute approximate surface area is 106 Å². The number of carboxylic acid groups (broad SMARTS) is 1. The molecule has 1 aromatic rings. The molecular weight excluding hydrogens is 236 g/mol. The molecule has 0 saturated carbocycles. The number of aliphatic carboxylic acids is 1. The number of carbonyl (C=O) groups excluding carboxylic acids is 1. The molecule has 0 aliphatic carbocycles. The van der Waals surface area contributed by atoms with Gasteiger partial charge in [0.1, 0.15) is 11.8 Å². The smallest absolute Gasteiger partial charge is 0.326 e. The van der Waals surface area contributed by atoms with Crippen molar-refractivity contribution in [1.29, 1.82) is 0 Å². The van der Waals surface area contributed by atoms with Crippen LogP contribution in [0.1, 0.15) is 24.7 Å². The lowest BCUT2D eigenvalue weighted by Gasteiger charge is -2.20. The number of rotatable bonds is 5. The highest BCUT2D eigenvalue weighted by Crippen LogP contribution is 2.11. The summed E-state index contributed by atoms with van der Waals surface area (Å²) in [5.41, 5.74) is 0.899. The van der Waals surface area contributed by atoms with Gasteiger partial charge in [0.25, 0.3) is 0 Å². The Hall–Kier alpha value is -1.98. The van der Waals surface area contributed by atoms with Gasteiger partial charge in [-0.3, -0.25) is 0 Å². The van der Waals surface area contributed by atoms with E-state index in [1.165, 1.54) is 4.90 Å². The van der Waals surface area contributed by atoms with Gasteiger partial charge >= 0.3 is 12.0 Å². The van der Waals surface area contributed by atoms with Gasteiger partial charge in [-0.1, -0.05) is 6.92 Å². The Balaban J connectivity index is 2.56. The summed E-state index contributed by atoms with van der Waals surface area (Å²) in [6.07, 6.45) is 1.90. The Morgan fingerprint density at radius 3 is 2.67 bits per heavy atom. The number of aryl methyl sites for hydroxylation is 1. The Bertz CT molecular complexity index is 427. The van der Waals surface area contributed by atoms with Crippen LogP contribution in [0.25, 0.3) is 0 Å². The molecule has 18 heavy (non-hydrogen) atoms. The first-order valence-corrected chi connectivity index (χ1v) is 5.73. The molecule has 1 aromatic heterocycles. The van der Waals surface area contributed by atoms with Crippen LogP contribution in [0.4, 0.5) is 4.79 Å². The Kier molecular flexibility index (Phi) is 4.76. The Morgan fingerprint density at radius 1 is 1.56 bits per heavy atom. The molecule has 100 valence electrons. The van der Waals surface area contributed by atoms with Crippen LogP contribution in [-0.4, -0.2) is 35.1 Å². The lowest BCUT2D eigenvalue weighted by Crippen LogP contribution is -2.46. The fraction of sp³-hybridized carbons (Fsp3) is 0.500. The van der Waals surface area contributed by atoms with Crippen LogP contribution >= 0.6 is 0 Å². The predicted octanol–water partition coefficient (Wildman–Crippen LogP) is 1.59. The molecule has 0 aliphatic rings. The van der Waals surface area contributed by atoms with Crippen molar-refractivity contribution in [2.24, 2.45) is 0 Å². The molecule has 1 atom stereocenters. The highest BCUT2D eigenvalue weighted by atomic mass is 16.4. The van der Waals surface area contributed by atoms with E-state index in [4.69, 9.17) is 9.52 Å². The number of furan rings is 1. The number of amides is 2. The summed E-state index contributed by atoms with van der Waals surface area (Å²) in [5.74, 6) is -0.279. The molecule has 0 aliphatic heterocycles. The maximum Gasteiger partial charge on any atom is 0.326 e. The molecule has 1 unspecified atom stereocenters. The molecule has 0 bridgehead atoms. The summed E-state index contributed by atoms with van der Waals surface area (Å²) in [5, 5.41) is 11.3. The number of nitrogens with zero attached hydrogens (tertiary/aromatic N) is 1. The molecule has 0 fully saturated rings. The summed E-state index contributed by atoms with van der Waals surface area (Å²) in [4.78, 5) is 24.0. The van der Waals surface area contributed by atoms with E-state index < -0.39 is 18.0 Å². The van der Waals surface area contributed by atoms with E-state index in [9.17, 15) is 9.59 Å². The number of carboxylic acids is 1. The maximum absolute atomic E-state index is 11.8. The van der Waals surface area contributed by atoms with Crippen LogP contribution in [0.3, 0.4) is 0 Å². The third-order valence-corrected chi connectivity index (χ3v) is 2.72. The van der Waals surface area contributed by atoms with Crippen molar-refractivity contribution in [3.05, 3.63) is 23.7 Å². The molecule has 1 rings (SSSR count). The van der Waals surface area contributed by atoms with Gasteiger partial charge in [0.2, 0.25) is 0 Å². The van der Waals surface area contributed by atoms with Crippen molar-refractivity contribution in [2.45, 2.75) is 32.9 Å². The Morgan fingerprint density at radius 2 is 2.22 bits per heavy atom. The van der Waals surface area contributed by atoms with E-state index in [1.54, 1.807) is 26.3 Å². The van der Waals surface area contributed by atoms with Crippen LogP contribution in [-0.2, 0) is 11.3 Å². The number of hydrogen-bond acceptors (Lipinski definition) is 3. The van der Waals surface area contributed by atoms with Crippen molar-refractivity contribution >= 4 is 12.0 Å². The number of nitrogens with one attached hydrogen (secondary N) is 1. The monoisotopic (exact) mass is 254 g/mol. The normalized spacial score (nSPS) is 11.9. The molecule has 1 heterocycles. The van der Waals surface area contributed by atoms with E-state index in [-0.39, 0.29) is 0 Å². The summed E-state index contributed by atoms with van der Waals surface area (Å²) >= 11 is 0. The SMILES string of the molecule is CCC(NC(=O)N(C)Cc1ccoc1C)C(=O)O. The van der Waals surface area contributed by atoms with E-state index in [0.29, 0.717) is 13.0 Å². The molecule has 0 aromatic carbocycles. The lowest BCUT2D eigenvalue weighted by atomic mass is 10.2. The minimum absolute atomic E-state index is 0.347. The first-order valence-electron chi connectivity index (χ1n) is 5.73. The van der Waals surface area contributed by atoms with Crippen molar-refractivity contribution in [3.8, 4) is 0 Å². The zero-order valence-electron chi connectivity index (χ0n) is 10.8. The highest BCUT2D eigenvalue weighted by molar-refractivity contribution is 5.82. The van der Waals surface area contributed by atoms with Gasteiger partial charge in [0.15, 0.2) is 0 Å². The van der Waals surface area contributed by atoms with E-state index in [2.05, 4.69) is 5.32 Å². The highest BCUT2D eigenvalue weighted by Gasteiger charge is 2.20. The van der Waals surface area contributed by atoms with Gasteiger partial charge in [-0.25, -0.2) is 9.59 Å². The molecule has 0 radical (unpaired) electrons. The zero-order valence-corrected chi connectivity index (χ0v) is 10.8. The standard InChI is InChI=1S/C12H18N2O4/c1-4-10(11(15)16)13-12(17)14(3)7-9-5-6-18-8(9)2/h5-6,10H,4,7H2,1-3H3,(H,13,17)(H,15,16). The summed E-state index contributed by atoms with van der Waals surface area (Å²) < 4.78 is 5.13. The van der Waals surface area contributed by atoms with Crippen molar-refractivity contribution in [1.82, 2.24) is 10.2 Å². The van der Waals surface area contributed by atoms with Crippen LogP contribution in [0.2, 0.25) is 0 Å². The molecule has 0 spiro atoms. The topological polar surface area (TPSA) is 82.8 Å².